The van der Waals surface area contributed by atoms with Gasteiger partial charge in [-0.25, -0.2) is 5.01 Å². The molecule has 1 aliphatic carbocycles. The summed E-state index contributed by atoms with van der Waals surface area (Å²) in [5.41, 5.74) is 9.06. The molecular formula is C30H38N4O5. The van der Waals surface area contributed by atoms with Crippen LogP contribution in [0, 0.1) is 11.8 Å². The fourth-order valence-electron chi connectivity index (χ4n) is 6.23. The van der Waals surface area contributed by atoms with E-state index in [-0.39, 0.29) is 35.4 Å². The number of nitrogens with zero attached hydrogens (tertiary/aromatic N) is 3. The largest absolute Gasteiger partial charge is 0.508 e. The topological polar surface area (TPSA) is 118 Å². The van der Waals surface area contributed by atoms with Gasteiger partial charge in [0.1, 0.15) is 5.75 Å². The molecule has 39 heavy (non-hydrogen) atoms. The van der Waals surface area contributed by atoms with Gasteiger partial charge in [-0.2, -0.15) is 5.10 Å². The second-order valence-corrected chi connectivity index (χ2v) is 10.8. The first-order valence-electron chi connectivity index (χ1n) is 13.9. The molecule has 2 aromatic carbocycles. The number of piperidine rings is 1. The van der Waals surface area contributed by atoms with Crippen LogP contribution >= 0.6 is 0 Å². The van der Waals surface area contributed by atoms with Crippen molar-refractivity contribution in [2.75, 3.05) is 27.3 Å². The number of hydrazone groups is 1. The highest BCUT2D eigenvalue weighted by molar-refractivity contribution is 6.07. The van der Waals surface area contributed by atoms with E-state index in [1.165, 1.54) is 0 Å². The van der Waals surface area contributed by atoms with Gasteiger partial charge in [0.2, 0.25) is 11.8 Å². The minimum absolute atomic E-state index is 0.0621. The number of methoxy groups -OCH3 is 2. The predicted molar refractivity (Wildman–Crippen MR) is 148 cm³/mol. The zero-order valence-corrected chi connectivity index (χ0v) is 22.7. The smallest absolute Gasteiger partial charge is 0.246 e. The van der Waals surface area contributed by atoms with Crippen molar-refractivity contribution in [1.29, 1.82) is 0 Å². The third-order valence-corrected chi connectivity index (χ3v) is 8.39. The zero-order chi connectivity index (χ0) is 27.5. The summed E-state index contributed by atoms with van der Waals surface area (Å²) in [6.45, 7) is 1.07. The van der Waals surface area contributed by atoms with E-state index in [4.69, 9.17) is 20.3 Å². The fourth-order valence-corrected chi connectivity index (χ4v) is 6.23. The van der Waals surface area contributed by atoms with E-state index in [2.05, 4.69) is 0 Å². The quantitative estimate of drug-likeness (QED) is 0.563. The van der Waals surface area contributed by atoms with Crippen molar-refractivity contribution in [3.8, 4) is 17.2 Å². The van der Waals surface area contributed by atoms with Crippen LogP contribution in [0.25, 0.3) is 0 Å². The van der Waals surface area contributed by atoms with E-state index < -0.39 is 6.04 Å². The molecule has 3 atom stereocenters. The van der Waals surface area contributed by atoms with Crippen LogP contribution in [0.15, 0.2) is 47.6 Å². The standard InChI is InChI=1S/C30H38N4O5/c1-38-26-12-9-20(18-27(26)39-2)28-23-5-3-4-6-24(23)29(36)34(32-28)21-13-15-33(16-14-21)30(37)25(31)17-19-7-10-22(35)11-8-19/h7-12,18,21,23-25,35H,3-6,13-17,31H2,1-2H3/t23-,24+,25+/m0/s1. The molecule has 0 unspecified atom stereocenters. The molecule has 0 aromatic heterocycles. The van der Waals surface area contributed by atoms with Gasteiger partial charge >= 0.3 is 0 Å². The number of carbonyl (C=O) groups excluding carboxylic acids is 2. The second kappa shape index (κ2) is 11.7. The highest BCUT2D eigenvalue weighted by atomic mass is 16.5. The van der Waals surface area contributed by atoms with Crippen LogP contribution < -0.4 is 15.2 Å². The normalized spacial score (nSPS) is 22.6. The second-order valence-electron chi connectivity index (χ2n) is 10.8. The highest BCUT2D eigenvalue weighted by Crippen LogP contribution is 2.40. The third kappa shape index (κ3) is 5.59. The van der Waals surface area contributed by atoms with Gasteiger partial charge in [0.05, 0.1) is 32.0 Å². The van der Waals surface area contributed by atoms with E-state index in [0.717, 1.165) is 42.5 Å². The van der Waals surface area contributed by atoms with Crippen LogP contribution in [0.5, 0.6) is 17.2 Å². The van der Waals surface area contributed by atoms with E-state index in [0.29, 0.717) is 43.9 Å². The molecule has 2 amide bonds. The molecule has 2 heterocycles. The summed E-state index contributed by atoms with van der Waals surface area (Å²) in [5, 5.41) is 16.2. The third-order valence-electron chi connectivity index (χ3n) is 8.39. The molecule has 2 aliphatic heterocycles. The first-order chi connectivity index (χ1) is 18.9. The molecule has 0 bridgehead atoms. The number of amides is 2. The van der Waals surface area contributed by atoms with Crippen LogP contribution in [0.3, 0.4) is 0 Å². The van der Waals surface area contributed by atoms with Crippen LogP contribution in [0.4, 0.5) is 0 Å². The number of aromatic hydroxyl groups is 1. The molecule has 5 rings (SSSR count). The summed E-state index contributed by atoms with van der Waals surface area (Å²) >= 11 is 0. The van der Waals surface area contributed by atoms with Crippen molar-refractivity contribution in [3.05, 3.63) is 53.6 Å². The minimum Gasteiger partial charge on any atom is -0.508 e. The number of hydrogen-bond donors (Lipinski definition) is 2. The number of phenolic OH excluding ortho intramolecular Hbond substituents is 1. The summed E-state index contributed by atoms with van der Waals surface area (Å²) < 4.78 is 11.0. The minimum atomic E-state index is -0.652. The Kier molecular flexibility index (Phi) is 8.07. The number of ether oxygens (including phenoxy) is 2. The van der Waals surface area contributed by atoms with Gasteiger partial charge in [0.25, 0.3) is 0 Å². The highest BCUT2D eigenvalue weighted by Gasteiger charge is 2.44. The number of hydrogen-bond acceptors (Lipinski definition) is 7. The van der Waals surface area contributed by atoms with Crippen molar-refractivity contribution in [2.24, 2.45) is 22.7 Å². The van der Waals surface area contributed by atoms with Gasteiger partial charge in [0, 0.05) is 30.5 Å². The maximum Gasteiger partial charge on any atom is 0.246 e. The van der Waals surface area contributed by atoms with Crippen LogP contribution in [0.2, 0.25) is 0 Å². The van der Waals surface area contributed by atoms with Crippen LogP contribution in [-0.2, 0) is 16.0 Å². The van der Waals surface area contributed by atoms with E-state index in [9.17, 15) is 14.7 Å². The predicted octanol–water partition coefficient (Wildman–Crippen LogP) is 3.32. The number of benzene rings is 2. The summed E-state index contributed by atoms with van der Waals surface area (Å²) in [4.78, 5) is 28.5. The van der Waals surface area contributed by atoms with Crippen LogP contribution in [0.1, 0.15) is 49.7 Å². The summed E-state index contributed by atoms with van der Waals surface area (Å²) in [6, 6.07) is 11.9. The first-order valence-corrected chi connectivity index (χ1v) is 13.9. The molecule has 0 spiro atoms. The lowest BCUT2D eigenvalue weighted by Crippen LogP contribution is -2.54. The number of likely N-dealkylation sites (tertiary alicyclic amines) is 1. The van der Waals surface area contributed by atoms with Gasteiger partial charge in [0.15, 0.2) is 11.5 Å². The molecular weight excluding hydrogens is 496 g/mol. The Morgan fingerprint density at radius 2 is 1.67 bits per heavy atom. The van der Waals surface area contributed by atoms with Crippen molar-refractivity contribution < 1.29 is 24.2 Å². The van der Waals surface area contributed by atoms with E-state index in [1.54, 1.807) is 48.4 Å². The number of carbonyl (C=O) groups is 2. The van der Waals surface area contributed by atoms with Crippen LogP contribution in [-0.4, -0.2) is 71.9 Å². The molecule has 1 saturated heterocycles. The lowest BCUT2D eigenvalue weighted by Gasteiger charge is -2.43. The molecule has 2 aromatic rings. The Morgan fingerprint density at radius 1 is 1.00 bits per heavy atom. The fraction of sp³-hybridized carbons (Fsp3) is 0.500. The summed E-state index contributed by atoms with van der Waals surface area (Å²) in [7, 11) is 3.24. The van der Waals surface area contributed by atoms with Crippen molar-refractivity contribution in [1.82, 2.24) is 9.91 Å². The molecule has 9 nitrogen and oxygen atoms in total. The Balaban J connectivity index is 1.31. The molecule has 0 radical (unpaired) electrons. The van der Waals surface area contributed by atoms with E-state index in [1.807, 2.05) is 18.2 Å². The molecule has 9 heteroatoms. The van der Waals surface area contributed by atoms with Crippen molar-refractivity contribution >= 4 is 17.5 Å². The maximum atomic E-state index is 13.7. The van der Waals surface area contributed by atoms with E-state index >= 15 is 0 Å². The molecule has 3 N–H and O–H groups in total. The summed E-state index contributed by atoms with van der Waals surface area (Å²) in [6.07, 6.45) is 5.68. The van der Waals surface area contributed by atoms with Gasteiger partial charge in [-0.15, -0.1) is 0 Å². The van der Waals surface area contributed by atoms with Gasteiger partial charge < -0.3 is 25.2 Å². The SMILES string of the molecule is COc1ccc(C2=NN(C3CCN(C(=O)[C@H](N)Cc4ccc(O)cc4)CC3)C(=O)[C@@H]3CCCC[C@H]23)cc1OC. The Morgan fingerprint density at radius 3 is 2.33 bits per heavy atom. The lowest BCUT2D eigenvalue weighted by atomic mass is 9.73. The molecule has 208 valence electrons. The number of fused-ring (bicyclic) bond motifs is 1. The Hall–Kier alpha value is -3.59. The summed E-state index contributed by atoms with van der Waals surface area (Å²) in [5.74, 6) is 1.53. The number of rotatable bonds is 7. The van der Waals surface area contributed by atoms with Gasteiger partial charge in [-0.05, 0) is 68.0 Å². The van der Waals surface area contributed by atoms with Gasteiger partial charge in [-0.3, -0.25) is 9.59 Å². The Bertz CT molecular complexity index is 1220. The zero-order valence-electron chi connectivity index (χ0n) is 22.7. The number of nitrogens with two attached hydrogens (primary N) is 1. The lowest BCUT2D eigenvalue weighted by molar-refractivity contribution is -0.143. The average molecular weight is 535 g/mol. The Labute approximate surface area is 229 Å². The maximum absolute atomic E-state index is 13.7. The van der Waals surface area contributed by atoms with Crippen molar-refractivity contribution in [2.45, 2.75) is 57.0 Å². The monoisotopic (exact) mass is 534 g/mol. The number of phenols is 1. The molecule has 3 aliphatic rings. The molecule has 2 fully saturated rings. The van der Waals surface area contributed by atoms with Gasteiger partial charge in [-0.1, -0.05) is 25.0 Å². The molecule has 1 saturated carbocycles. The average Bonchev–Trinajstić information content (AvgIpc) is 2.98. The first kappa shape index (κ1) is 27.0. The van der Waals surface area contributed by atoms with Crippen molar-refractivity contribution in [3.63, 3.8) is 0 Å².